The fraction of sp³-hybridized carbons (Fsp3) is 0.348. The predicted molar refractivity (Wildman–Crippen MR) is 114 cm³/mol. The van der Waals surface area contributed by atoms with E-state index in [1.54, 1.807) is 75.4 Å². The van der Waals surface area contributed by atoms with Gasteiger partial charge < -0.3 is 26.0 Å². The molecule has 5 N–H and O–H groups in total. The molecule has 0 aliphatic rings. The molecule has 0 saturated heterocycles. The van der Waals surface area contributed by atoms with Crippen LogP contribution in [-0.2, 0) is 36.8 Å². The second kappa shape index (κ2) is 9.72. The van der Waals surface area contributed by atoms with Gasteiger partial charge >= 0.3 is 17.9 Å². The van der Waals surface area contributed by atoms with Crippen LogP contribution in [0.4, 0.5) is 0 Å². The van der Waals surface area contributed by atoms with Gasteiger partial charge in [0.2, 0.25) is 11.6 Å². The minimum absolute atomic E-state index is 0.323. The summed E-state index contributed by atoms with van der Waals surface area (Å²) >= 11 is 0. The number of carboxylic acid groups (broad SMARTS) is 1. The topological polar surface area (TPSA) is 142 Å². The van der Waals surface area contributed by atoms with Crippen molar-refractivity contribution in [3.8, 4) is 0 Å². The molecule has 8 heteroatoms. The van der Waals surface area contributed by atoms with Crippen LogP contribution in [0.5, 0.6) is 0 Å². The Bertz CT molecular complexity index is 921. The number of hydrogen-bond acceptors (Lipinski definition) is 7. The van der Waals surface area contributed by atoms with Crippen LogP contribution in [0.2, 0.25) is 0 Å². The van der Waals surface area contributed by atoms with E-state index in [0.717, 1.165) is 5.56 Å². The summed E-state index contributed by atoms with van der Waals surface area (Å²) < 4.78 is 10.7. The van der Waals surface area contributed by atoms with Crippen LogP contribution < -0.4 is 11.5 Å². The van der Waals surface area contributed by atoms with Crippen LogP contribution in [-0.4, -0.2) is 34.2 Å². The van der Waals surface area contributed by atoms with Crippen molar-refractivity contribution in [3.63, 3.8) is 0 Å². The fourth-order valence-electron chi connectivity index (χ4n) is 2.80. The standard InChI is InChI=1S/C23H28N2O6/c1-22(2,3)31-19(26)18(17-7-5-4-6-8-17)30-21(29)23(25,20(27)28)13-15-9-11-16(14-24)12-10-15/h4-12,18H,13-14,24-25H2,1-3H3,(H,27,28). The Morgan fingerprint density at radius 1 is 0.968 bits per heavy atom. The minimum atomic E-state index is -2.40. The van der Waals surface area contributed by atoms with Crippen molar-refractivity contribution in [3.05, 3.63) is 71.3 Å². The molecule has 2 aromatic rings. The zero-order valence-corrected chi connectivity index (χ0v) is 17.8. The van der Waals surface area contributed by atoms with E-state index in [9.17, 15) is 19.5 Å². The third-order valence-corrected chi connectivity index (χ3v) is 4.44. The molecule has 0 radical (unpaired) electrons. The van der Waals surface area contributed by atoms with Gasteiger partial charge in [0, 0.05) is 18.5 Å². The zero-order chi connectivity index (χ0) is 23.2. The first kappa shape index (κ1) is 24.0. The van der Waals surface area contributed by atoms with Crippen molar-refractivity contribution in [1.82, 2.24) is 0 Å². The van der Waals surface area contributed by atoms with Crippen molar-refractivity contribution in [2.75, 3.05) is 0 Å². The fourth-order valence-corrected chi connectivity index (χ4v) is 2.80. The lowest BCUT2D eigenvalue weighted by Gasteiger charge is -2.28. The summed E-state index contributed by atoms with van der Waals surface area (Å²) in [7, 11) is 0. The Morgan fingerprint density at radius 3 is 2.00 bits per heavy atom. The first-order chi connectivity index (χ1) is 14.5. The number of hydrogen-bond donors (Lipinski definition) is 3. The molecule has 0 amide bonds. The molecule has 0 saturated carbocycles. The van der Waals surface area contributed by atoms with Crippen LogP contribution in [0.1, 0.15) is 43.6 Å². The molecule has 0 heterocycles. The molecule has 0 bridgehead atoms. The third kappa shape index (κ3) is 6.37. The molecule has 2 unspecified atom stereocenters. The lowest BCUT2D eigenvalue weighted by Crippen LogP contribution is -2.58. The van der Waals surface area contributed by atoms with E-state index in [1.165, 1.54) is 0 Å². The summed E-state index contributed by atoms with van der Waals surface area (Å²) in [5.74, 6) is -3.65. The summed E-state index contributed by atoms with van der Waals surface area (Å²) in [6.07, 6.45) is -1.79. The van der Waals surface area contributed by atoms with Gasteiger partial charge in [0.05, 0.1) is 0 Å². The highest BCUT2D eigenvalue weighted by molar-refractivity contribution is 6.04. The SMILES string of the molecule is CC(C)(C)OC(=O)C(OC(=O)C(N)(Cc1ccc(CN)cc1)C(=O)O)c1ccccc1. The summed E-state index contributed by atoms with van der Waals surface area (Å²) in [5.41, 5.74) is 10.0. The van der Waals surface area contributed by atoms with E-state index >= 15 is 0 Å². The van der Waals surface area contributed by atoms with Gasteiger partial charge in [0.15, 0.2) is 0 Å². The van der Waals surface area contributed by atoms with Crippen LogP contribution in [0.15, 0.2) is 54.6 Å². The number of carbonyl (C=O) groups excluding carboxylic acids is 2. The first-order valence-corrected chi connectivity index (χ1v) is 9.75. The lowest BCUT2D eigenvalue weighted by atomic mass is 9.91. The van der Waals surface area contributed by atoms with Gasteiger partial charge in [0.25, 0.3) is 0 Å². The van der Waals surface area contributed by atoms with Crippen LogP contribution in [0, 0.1) is 0 Å². The van der Waals surface area contributed by atoms with Gasteiger partial charge in [-0.15, -0.1) is 0 Å². The molecular formula is C23H28N2O6. The molecule has 2 rings (SSSR count). The molecule has 2 aromatic carbocycles. The maximum absolute atomic E-state index is 12.9. The second-order valence-corrected chi connectivity index (χ2v) is 8.20. The number of carbonyl (C=O) groups is 3. The highest BCUT2D eigenvalue weighted by atomic mass is 16.6. The third-order valence-electron chi connectivity index (χ3n) is 4.44. The number of carboxylic acids is 1. The monoisotopic (exact) mass is 428 g/mol. The number of benzene rings is 2. The molecule has 0 fully saturated rings. The van der Waals surface area contributed by atoms with Gasteiger partial charge in [-0.1, -0.05) is 54.6 Å². The van der Waals surface area contributed by atoms with Crippen LogP contribution in [0.25, 0.3) is 0 Å². The molecule has 166 valence electrons. The number of rotatable bonds is 8. The molecule has 0 spiro atoms. The number of aliphatic carboxylic acids is 1. The lowest BCUT2D eigenvalue weighted by molar-refractivity contribution is -0.181. The summed E-state index contributed by atoms with van der Waals surface area (Å²) in [4.78, 5) is 37.6. The Labute approximate surface area is 181 Å². The average molecular weight is 428 g/mol. The van der Waals surface area contributed by atoms with E-state index in [1.807, 2.05) is 0 Å². The van der Waals surface area contributed by atoms with E-state index in [-0.39, 0.29) is 6.42 Å². The molecular weight excluding hydrogens is 400 g/mol. The van der Waals surface area contributed by atoms with E-state index in [2.05, 4.69) is 0 Å². The molecule has 31 heavy (non-hydrogen) atoms. The van der Waals surface area contributed by atoms with Crippen molar-refractivity contribution in [1.29, 1.82) is 0 Å². The van der Waals surface area contributed by atoms with Gasteiger partial charge in [-0.25, -0.2) is 14.4 Å². The zero-order valence-electron chi connectivity index (χ0n) is 17.8. The Morgan fingerprint density at radius 2 is 1.52 bits per heavy atom. The Kier molecular flexibility index (Phi) is 7.54. The normalized spacial score (nSPS) is 14.2. The van der Waals surface area contributed by atoms with Gasteiger partial charge in [-0.05, 0) is 31.9 Å². The maximum atomic E-state index is 12.9. The predicted octanol–water partition coefficient (Wildman–Crippen LogP) is 2.10. The molecule has 0 aromatic heterocycles. The van der Waals surface area contributed by atoms with E-state index in [4.69, 9.17) is 20.9 Å². The smallest absolute Gasteiger partial charge is 0.352 e. The molecule has 8 nitrogen and oxygen atoms in total. The van der Waals surface area contributed by atoms with E-state index in [0.29, 0.717) is 17.7 Å². The number of esters is 2. The highest BCUT2D eigenvalue weighted by Gasteiger charge is 2.46. The van der Waals surface area contributed by atoms with Crippen molar-refractivity contribution < 1.29 is 29.0 Å². The van der Waals surface area contributed by atoms with Crippen molar-refractivity contribution in [2.45, 2.75) is 51.0 Å². The molecule has 0 aliphatic heterocycles. The molecule has 2 atom stereocenters. The Hall–Kier alpha value is -3.23. The van der Waals surface area contributed by atoms with E-state index < -0.39 is 35.2 Å². The largest absolute Gasteiger partial charge is 0.479 e. The number of ether oxygens (including phenoxy) is 2. The van der Waals surface area contributed by atoms with Crippen molar-refractivity contribution >= 4 is 17.9 Å². The van der Waals surface area contributed by atoms with Gasteiger partial charge in [0.1, 0.15) is 5.60 Å². The van der Waals surface area contributed by atoms with Gasteiger partial charge in [-0.2, -0.15) is 0 Å². The van der Waals surface area contributed by atoms with Crippen LogP contribution >= 0.6 is 0 Å². The summed E-state index contributed by atoms with van der Waals surface area (Å²) in [5, 5.41) is 9.71. The average Bonchev–Trinajstić information content (AvgIpc) is 2.71. The summed E-state index contributed by atoms with van der Waals surface area (Å²) in [6.45, 7) is 5.34. The quantitative estimate of drug-likeness (QED) is 0.429. The van der Waals surface area contributed by atoms with Crippen molar-refractivity contribution in [2.24, 2.45) is 11.5 Å². The van der Waals surface area contributed by atoms with Crippen LogP contribution in [0.3, 0.4) is 0 Å². The molecule has 0 aliphatic carbocycles. The second-order valence-electron chi connectivity index (χ2n) is 8.20. The maximum Gasteiger partial charge on any atom is 0.352 e. The minimum Gasteiger partial charge on any atom is -0.479 e. The summed E-state index contributed by atoms with van der Waals surface area (Å²) in [6, 6.07) is 14.9. The first-order valence-electron chi connectivity index (χ1n) is 9.75. The number of nitrogens with two attached hydrogens (primary N) is 2. The Balaban J connectivity index is 2.32. The highest BCUT2D eigenvalue weighted by Crippen LogP contribution is 2.25. The van der Waals surface area contributed by atoms with Gasteiger partial charge in [-0.3, -0.25) is 0 Å².